The lowest BCUT2D eigenvalue weighted by Crippen LogP contribution is -2.38. The highest BCUT2D eigenvalue weighted by atomic mass is 32.2. The number of carbonyl (C=O) groups excluding carboxylic acids is 2. The van der Waals surface area contributed by atoms with Gasteiger partial charge in [0.2, 0.25) is 12.0 Å². The standard InChI is InChI=1S/C16H16N4O5S/c1-9(14(21)20-7-6-17-15(20)22)26-16-19-18-13(25-16)12-8-23-10-4-2-3-5-11(10)24-12/h2-5,9,12H,6-8H2,1H3,(H,17,22)/t9-,12+/m1/s1. The van der Waals surface area contributed by atoms with Crippen molar-refractivity contribution in [1.82, 2.24) is 20.4 Å². The van der Waals surface area contributed by atoms with Crippen molar-refractivity contribution in [2.75, 3.05) is 19.7 Å². The van der Waals surface area contributed by atoms with Crippen LogP contribution in [0, 0.1) is 0 Å². The Morgan fingerprint density at radius 1 is 1.35 bits per heavy atom. The van der Waals surface area contributed by atoms with Crippen molar-refractivity contribution >= 4 is 23.7 Å². The summed E-state index contributed by atoms with van der Waals surface area (Å²) in [6, 6.07) is 6.96. The molecular formula is C16H16N4O5S. The minimum Gasteiger partial charge on any atom is -0.485 e. The van der Waals surface area contributed by atoms with Crippen LogP contribution in [0.5, 0.6) is 11.5 Å². The van der Waals surface area contributed by atoms with Gasteiger partial charge in [-0.2, -0.15) is 0 Å². The second kappa shape index (κ2) is 6.87. The second-order valence-electron chi connectivity index (χ2n) is 5.75. The summed E-state index contributed by atoms with van der Waals surface area (Å²) in [7, 11) is 0. The Kier molecular flexibility index (Phi) is 4.41. The van der Waals surface area contributed by atoms with Gasteiger partial charge in [0, 0.05) is 13.1 Å². The number of ether oxygens (including phenoxy) is 2. The molecule has 3 amide bonds. The number of benzene rings is 1. The fourth-order valence-corrected chi connectivity index (χ4v) is 3.39. The number of urea groups is 1. The highest BCUT2D eigenvalue weighted by Gasteiger charge is 2.32. The fraction of sp³-hybridized carbons (Fsp3) is 0.375. The monoisotopic (exact) mass is 376 g/mol. The number of nitrogens with zero attached hydrogens (tertiary/aromatic N) is 3. The summed E-state index contributed by atoms with van der Waals surface area (Å²) in [6.07, 6.45) is -0.512. The molecule has 2 aliphatic rings. The van der Waals surface area contributed by atoms with E-state index in [2.05, 4.69) is 15.5 Å². The van der Waals surface area contributed by atoms with Crippen molar-refractivity contribution in [3.63, 3.8) is 0 Å². The van der Waals surface area contributed by atoms with Crippen LogP contribution in [0.15, 0.2) is 33.9 Å². The Morgan fingerprint density at radius 2 is 2.15 bits per heavy atom. The van der Waals surface area contributed by atoms with E-state index < -0.39 is 11.4 Å². The number of amides is 3. The van der Waals surface area contributed by atoms with E-state index >= 15 is 0 Å². The Hall–Kier alpha value is -2.75. The Bertz CT molecular complexity index is 842. The minimum atomic E-state index is -0.531. The van der Waals surface area contributed by atoms with Gasteiger partial charge in [0.1, 0.15) is 6.61 Å². The van der Waals surface area contributed by atoms with Gasteiger partial charge in [0.05, 0.1) is 5.25 Å². The molecule has 2 aliphatic heterocycles. The summed E-state index contributed by atoms with van der Waals surface area (Å²) in [5.74, 6) is 1.26. The van der Waals surface area contributed by atoms with Crippen LogP contribution in [0.25, 0.3) is 0 Å². The molecule has 1 saturated heterocycles. The highest BCUT2D eigenvalue weighted by Crippen LogP contribution is 2.36. The maximum atomic E-state index is 12.3. The first-order valence-electron chi connectivity index (χ1n) is 8.09. The van der Waals surface area contributed by atoms with E-state index in [1.54, 1.807) is 13.0 Å². The molecule has 0 bridgehead atoms. The molecule has 1 aromatic heterocycles. The molecule has 0 aliphatic carbocycles. The minimum absolute atomic E-state index is 0.239. The van der Waals surface area contributed by atoms with E-state index in [1.807, 2.05) is 18.2 Å². The van der Waals surface area contributed by atoms with Crippen LogP contribution in [0.3, 0.4) is 0 Å². The van der Waals surface area contributed by atoms with Gasteiger partial charge in [-0.1, -0.05) is 23.9 Å². The number of thioether (sulfide) groups is 1. The van der Waals surface area contributed by atoms with Crippen LogP contribution >= 0.6 is 11.8 Å². The maximum Gasteiger partial charge on any atom is 0.324 e. The van der Waals surface area contributed by atoms with Crippen LogP contribution in [-0.2, 0) is 4.79 Å². The van der Waals surface area contributed by atoms with E-state index in [0.29, 0.717) is 24.6 Å². The molecule has 2 atom stereocenters. The average Bonchev–Trinajstić information content (AvgIpc) is 3.29. The number of nitrogens with one attached hydrogen (secondary N) is 1. The van der Waals surface area contributed by atoms with Crippen LogP contribution in [0.2, 0.25) is 0 Å². The molecule has 1 aromatic carbocycles. The van der Waals surface area contributed by atoms with Gasteiger partial charge >= 0.3 is 6.03 Å². The number of carbonyl (C=O) groups is 2. The van der Waals surface area contributed by atoms with Crippen molar-refractivity contribution in [3.05, 3.63) is 30.2 Å². The van der Waals surface area contributed by atoms with E-state index in [1.165, 1.54) is 4.90 Å². The molecule has 4 rings (SSSR count). The second-order valence-corrected chi connectivity index (χ2v) is 7.04. The molecule has 0 spiro atoms. The van der Waals surface area contributed by atoms with Crippen molar-refractivity contribution in [3.8, 4) is 11.5 Å². The van der Waals surface area contributed by atoms with Gasteiger partial charge in [-0.25, -0.2) is 4.79 Å². The zero-order chi connectivity index (χ0) is 18.1. The van der Waals surface area contributed by atoms with Crippen molar-refractivity contribution in [2.24, 2.45) is 0 Å². The summed E-state index contributed by atoms with van der Waals surface area (Å²) in [4.78, 5) is 25.1. The third kappa shape index (κ3) is 3.19. The predicted molar refractivity (Wildman–Crippen MR) is 90.0 cm³/mol. The first kappa shape index (κ1) is 16.7. The molecular weight excluding hydrogens is 360 g/mol. The number of hydrogen-bond acceptors (Lipinski definition) is 8. The smallest absolute Gasteiger partial charge is 0.324 e. The molecule has 0 saturated carbocycles. The first-order chi connectivity index (χ1) is 12.6. The lowest BCUT2D eigenvalue weighted by atomic mass is 10.2. The molecule has 0 unspecified atom stereocenters. The van der Waals surface area contributed by atoms with Gasteiger partial charge in [-0.05, 0) is 19.1 Å². The van der Waals surface area contributed by atoms with Crippen LogP contribution < -0.4 is 14.8 Å². The molecule has 3 heterocycles. The Morgan fingerprint density at radius 3 is 2.92 bits per heavy atom. The molecule has 136 valence electrons. The summed E-state index contributed by atoms with van der Waals surface area (Å²) in [5.41, 5.74) is 0. The predicted octanol–water partition coefficient (Wildman–Crippen LogP) is 1.61. The van der Waals surface area contributed by atoms with E-state index in [4.69, 9.17) is 13.9 Å². The molecule has 9 nitrogen and oxygen atoms in total. The van der Waals surface area contributed by atoms with Gasteiger partial charge in [-0.3, -0.25) is 9.69 Å². The Balaban J connectivity index is 1.40. The van der Waals surface area contributed by atoms with E-state index in [0.717, 1.165) is 11.8 Å². The zero-order valence-electron chi connectivity index (χ0n) is 13.9. The number of fused-ring (bicyclic) bond motifs is 1. The third-order valence-electron chi connectivity index (χ3n) is 3.95. The number of rotatable bonds is 4. The lowest BCUT2D eigenvalue weighted by molar-refractivity contribution is -0.126. The number of imide groups is 1. The van der Waals surface area contributed by atoms with E-state index in [9.17, 15) is 9.59 Å². The van der Waals surface area contributed by atoms with Crippen LogP contribution in [0.1, 0.15) is 18.9 Å². The summed E-state index contributed by atoms with van der Waals surface area (Å²) >= 11 is 1.10. The highest BCUT2D eigenvalue weighted by molar-refractivity contribution is 8.00. The number of aromatic nitrogens is 2. The van der Waals surface area contributed by atoms with Crippen LogP contribution in [0.4, 0.5) is 4.79 Å². The van der Waals surface area contributed by atoms with E-state index in [-0.39, 0.29) is 29.7 Å². The summed E-state index contributed by atoms with van der Waals surface area (Å²) in [6.45, 7) is 2.78. The SMILES string of the molecule is C[C@@H](Sc1nnc([C@@H]2COc3ccccc3O2)o1)C(=O)N1CCNC1=O. The largest absolute Gasteiger partial charge is 0.485 e. The summed E-state index contributed by atoms with van der Waals surface area (Å²) in [5, 5.41) is 10.3. The molecule has 2 aromatic rings. The van der Waals surface area contributed by atoms with Gasteiger partial charge in [0.25, 0.3) is 11.1 Å². The van der Waals surface area contributed by atoms with Crippen LogP contribution in [-0.4, -0.2) is 52.0 Å². The van der Waals surface area contributed by atoms with Gasteiger partial charge < -0.3 is 19.2 Å². The fourth-order valence-electron chi connectivity index (χ4n) is 2.64. The Labute approximate surface area is 153 Å². The lowest BCUT2D eigenvalue weighted by Gasteiger charge is -2.23. The quantitative estimate of drug-likeness (QED) is 0.802. The summed E-state index contributed by atoms with van der Waals surface area (Å²) < 4.78 is 17.1. The number of para-hydroxylation sites is 2. The van der Waals surface area contributed by atoms with Crippen molar-refractivity contribution in [1.29, 1.82) is 0 Å². The molecule has 0 radical (unpaired) electrons. The maximum absolute atomic E-state index is 12.3. The van der Waals surface area contributed by atoms with Crippen molar-refractivity contribution in [2.45, 2.75) is 23.5 Å². The number of hydrogen-bond donors (Lipinski definition) is 1. The molecule has 1 fully saturated rings. The third-order valence-corrected chi connectivity index (χ3v) is 4.88. The molecule has 10 heteroatoms. The van der Waals surface area contributed by atoms with Crippen molar-refractivity contribution < 1.29 is 23.5 Å². The average molecular weight is 376 g/mol. The van der Waals surface area contributed by atoms with Gasteiger partial charge in [-0.15, -0.1) is 10.2 Å². The van der Waals surface area contributed by atoms with Gasteiger partial charge in [0.15, 0.2) is 11.5 Å². The topological polar surface area (TPSA) is 107 Å². The molecule has 1 N–H and O–H groups in total. The zero-order valence-corrected chi connectivity index (χ0v) is 14.7. The first-order valence-corrected chi connectivity index (χ1v) is 8.97. The molecule has 26 heavy (non-hydrogen) atoms. The normalized spacial score (nSPS) is 20.0.